The monoisotopic (exact) mass is 490 g/mol. The average Bonchev–Trinajstić information content (AvgIpc) is 3.34. The number of hydrogen-bond donors (Lipinski definition) is 0. The standard InChI is InChI=1S/C27H24ClFN4O2/c1-35-22-12-10-20(11-13-22)31-14-16-32(17-15-31)27(34)26-18-25(23-4-2-3-5-24(23)28)30-33(26)21-8-6-19(29)7-9-21/h2-13,18H,14-17H2,1H3. The van der Waals surface area contributed by atoms with E-state index in [4.69, 9.17) is 16.3 Å². The topological polar surface area (TPSA) is 50.6 Å². The van der Waals surface area contributed by atoms with Gasteiger partial charge in [-0.1, -0.05) is 29.8 Å². The fraction of sp³-hybridized carbons (Fsp3) is 0.185. The number of anilines is 1. The van der Waals surface area contributed by atoms with Gasteiger partial charge in [0.25, 0.3) is 5.91 Å². The van der Waals surface area contributed by atoms with Crippen molar-refractivity contribution >= 4 is 23.2 Å². The third kappa shape index (κ3) is 4.72. The Kier molecular flexibility index (Phi) is 6.42. The predicted octanol–water partition coefficient (Wildman–Crippen LogP) is 5.30. The lowest BCUT2D eigenvalue weighted by atomic mass is 10.1. The molecule has 8 heteroatoms. The fourth-order valence-electron chi connectivity index (χ4n) is 4.24. The van der Waals surface area contributed by atoms with Gasteiger partial charge in [0.1, 0.15) is 17.3 Å². The van der Waals surface area contributed by atoms with Crippen LogP contribution in [-0.2, 0) is 0 Å². The number of methoxy groups -OCH3 is 1. The highest BCUT2D eigenvalue weighted by molar-refractivity contribution is 6.33. The Labute approximate surface area is 208 Å². The van der Waals surface area contributed by atoms with E-state index in [0.717, 1.165) is 17.0 Å². The van der Waals surface area contributed by atoms with Gasteiger partial charge in [-0.05, 0) is 60.7 Å². The van der Waals surface area contributed by atoms with Gasteiger partial charge in [0, 0.05) is 37.4 Å². The summed E-state index contributed by atoms with van der Waals surface area (Å²) in [5.74, 6) is 0.329. The maximum Gasteiger partial charge on any atom is 0.272 e. The molecule has 1 aliphatic rings. The Morgan fingerprint density at radius 2 is 1.57 bits per heavy atom. The van der Waals surface area contributed by atoms with Crippen LogP contribution in [0.5, 0.6) is 5.75 Å². The molecule has 1 saturated heterocycles. The fourth-order valence-corrected chi connectivity index (χ4v) is 4.47. The average molecular weight is 491 g/mol. The van der Waals surface area contributed by atoms with E-state index in [1.165, 1.54) is 12.1 Å². The minimum absolute atomic E-state index is 0.130. The van der Waals surface area contributed by atoms with Crippen molar-refractivity contribution in [2.75, 3.05) is 38.2 Å². The molecule has 4 aromatic rings. The maximum atomic E-state index is 13.6. The van der Waals surface area contributed by atoms with Crippen LogP contribution in [0.1, 0.15) is 10.5 Å². The van der Waals surface area contributed by atoms with Crippen molar-refractivity contribution < 1.29 is 13.9 Å². The normalized spacial score (nSPS) is 13.7. The number of amides is 1. The van der Waals surface area contributed by atoms with E-state index in [9.17, 15) is 9.18 Å². The number of ether oxygens (including phenoxy) is 1. The molecule has 0 radical (unpaired) electrons. The Balaban J connectivity index is 1.41. The van der Waals surface area contributed by atoms with Crippen LogP contribution >= 0.6 is 11.6 Å². The molecule has 1 aliphatic heterocycles. The first-order valence-corrected chi connectivity index (χ1v) is 11.7. The van der Waals surface area contributed by atoms with Crippen molar-refractivity contribution in [1.29, 1.82) is 0 Å². The highest BCUT2D eigenvalue weighted by Crippen LogP contribution is 2.29. The van der Waals surface area contributed by atoms with Gasteiger partial charge in [-0.25, -0.2) is 9.07 Å². The molecule has 1 fully saturated rings. The molecule has 178 valence electrons. The second-order valence-corrected chi connectivity index (χ2v) is 8.67. The van der Waals surface area contributed by atoms with Crippen molar-refractivity contribution in [2.24, 2.45) is 0 Å². The van der Waals surface area contributed by atoms with E-state index in [2.05, 4.69) is 10.00 Å². The van der Waals surface area contributed by atoms with Crippen LogP contribution in [0.25, 0.3) is 16.9 Å². The van der Waals surface area contributed by atoms with Crippen LogP contribution in [0, 0.1) is 5.82 Å². The van der Waals surface area contributed by atoms with Gasteiger partial charge in [0.2, 0.25) is 0 Å². The number of benzene rings is 3. The smallest absolute Gasteiger partial charge is 0.272 e. The molecule has 0 spiro atoms. The molecule has 5 rings (SSSR count). The number of piperazine rings is 1. The molecule has 0 saturated carbocycles. The minimum atomic E-state index is -0.352. The second kappa shape index (κ2) is 9.80. The Hall–Kier alpha value is -3.84. The molecule has 1 amide bonds. The summed E-state index contributed by atoms with van der Waals surface area (Å²) in [7, 11) is 1.65. The highest BCUT2D eigenvalue weighted by Gasteiger charge is 2.27. The van der Waals surface area contributed by atoms with Gasteiger partial charge in [-0.15, -0.1) is 0 Å². The zero-order chi connectivity index (χ0) is 24.4. The van der Waals surface area contributed by atoms with Gasteiger partial charge < -0.3 is 14.5 Å². The first-order chi connectivity index (χ1) is 17.0. The van der Waals surface area contributed by atoms with E-state index in [1.54, 1.807) is 36.1 Å². The molecular weight excluding hydrogens is 467 g/mol. The Bertz CT molecular complexity index is 1330. The van der Waals surface area contributed by atoms with Crippen LogP contribution in [0.3, 0.4) is 0 Å². The van der Waals surface area contributed by atoms with E-state index in [-0.39, 0.29) is 11.7 Å². The third-order valence-corrected chi connectivity index (χ3v) is 6.48. The van der Waals surface area contributed by atoms with Gasteiger partial charge in [-0.3, -0.25) is 4.79 Å². The summed E-state index contributed by atoms with van der Waals surface area (Å²) in [5, 5.41) is 5.22. The summed E-state index contributed by atoms with van der Waals surface area (Å²) < 4.78 is 20.4. The van der Waals surface area contributed by atoms with Crippen LogP contribution in [-0.4, -0.2) is 53.9 Å². The molecule has 0 bridgehead atoms. The summed E-state index contributed by atoms with van der Waals surface area (Å²) in [4.78, 5) is 17.7. The van der Waals surface area contributed by atoms with Crippen molar-refractivity contribution in [3.8, 4) is 22.7 Å². The molecule has 0 unspecified atom stereocenters. The van der Waals surface area contributed by atoms with E-state index in [1.807, 2.05) is 47.4 Å². The number of rotatable bonds is 5. The van der Waals surface area contributed by atoms with Crippen molar-refractivity contribution in [1.82, 2.24) is 14.7 Å². The maximum absolute atomic E-state index is 13.6. The molecule has 2 heterocycles. The summed E-state index contributed by atoms with van der Waals surface area (Å²) in [6.07, 6.45) is 0. The quantitative estimate of drug-likeness (QED) is 0.381. The number of aromatic nitrogens is 2. The molecule has 1 aromatic heterocycles. The Morgan fingerprint density at radius 1 is 0.914 bits per heavy atom. The summed E-state index contributed by atoms with van der Waals surface area (Å²) in [6.45, 7) is 2.56. The molecule has 0 aliphatic carbocycles. The largest absolute Gasteiger partial charge is 0.497 e. The lowest BCUT2D eigenvalue weighted by Gasteiger charge is -2.36. The minimum Gasteiger partial charge on any atom is -0.497 e. The van der Waals surface area contributed by atoms with Crippen molar-refractivity contribution in [3.05, 3.63) is 95.4 Å². The highest BCUT2D eigenvalue weighted by atomic mass is 35.5. The number of nitrogens with zero attached hydrogens (tertiary/aromatic N) is 4. The van der Waals surface area contributed by atoms with E-state index in [0.29, 0.717) is 48.3 Å². The molecule has 0 atom stereocenters. The predicted molar refractivity (Wildman–Crippen MR) is 135 cm³/mol. The zero-order valence-corrected chi connectivity index (χ0v) is 20.0. The zero-order valence-electron chi connectivity index (χ0n) is 19.2. The molecule has 3 aromatic carbocycles. The van der Waals surface area contributed by atoms with Crippen molar-refractivity contribution in [2.45, 2.75) is 0 Å². The first kappa shape index (κ1) is 22.9. The third-order valence-electron chi connectivity index (χ3n) is 6.15. The van der Waals surface area contributed by atoms with Crippen LogP contribution in [0.15, 0.2) is 78.9 Å². The number of hydrogen-bond acceptors (Lipinski definition) is 4. The second-order valence-electron chi connectivity index (χ2n) is 8.26. The summed E-state index contributed by atoms with van der Waals surface area (Å²) in [5.41, 5.74) is 3.41. The first-order valence-electron chi connectivity index (χ1n) is 11.3. The number of carbonyl (C=O) groups excluding carboxylic acids is 1. The van der Waals surface area contributed by atoms with Gasteiger partial charge in [-0.2, -0.15) is 5.10 Å². The van der Waals surface area contributed by atoms with Gasteiger partial charge in [0.15, 0.2) is 0 Å². The van der Waals surface area contributed by atoms with E-state index >= 15 is 0 Å². The summed E-state index contributed by atoms with van der Waals surface area (Å²) >= 11 is 6.40. The summed E-state index contributed by atoms with van der Waals surface area (Å²) in [6, 6.07) is 23.0. The molecular formula is C27H24ClFN4O2. The van der Waals surface area contributed by atoms with Gasteiger partial charge >= 0.3 is 0 Å². The van der Waals surface area contributed by atoms with Crippen LogP contribution in [0.4, 0.5) is 10.1 Å². The number of carbonyl (C=O) groups is 1. The van der Waals surface area contributed by atoms with E-state index < -0.39 is 0 Å². The molecule has 0 N–H and O–H groups in total. The van der Waals surface area contributed by atoms with Crippen LogP contribution < -0.4 is 9.64 Å². The Morgan fingerprint density at radius 3 is 2.23 bits per heavy atom. The molecule has 6 nitrogen and oxygen atoms in total. The SMILES string of the molecule is COc1ccc(N2CCN(C(=O)c3cc(-c4ccccc4Cl)nn3-c3ccc(F)cc3)CC2)cc1. The lowest BCUT2D eigenvalue weighted by Crippen LogP contribution is -2.49. The van der Waals surface area contributed by atoms with Gasteiger partial charge in [0.05, 0.1) is 23.5 Å². The van der Waals surface area contributed by atoms with Crippen LogP contribution in [0.2, 0.25) is 5.02 Å². The molecule has 35 heavy (non-hydrogen) atoms. The van der Waals surface area contributed by atoms with Crippen molar-refractivity contribution in [3.63, 3.8) is 0 Å². The number of halogens is 2. The lowest BCUT2D eigenvalue weighted by molar-refractivity contribution is 0.0737.